The van der Waals surface area contributed by atoms with E-state index in [0.29, 0.717) is 48.1 Å². The zero-order valence-corrected chi connectivity index (χ0v) is 22.0. The van der Waals surface area contributed by atoms with Crippen molar-refractivity contribution in [2.24, 2.45) is 0 Å². The lowest BCUT2D eigenvalue weighted by Crippen LogP contribution is -2.38. The zero-order valence-electron chi connectivity index (χ0n) is 22.0. The molecule has 0 unspecified atom stereocenters. The molecule has 0 saturated carbocycles. The molecular formula is C31H32N4O4. The van der Waals surface area contributed by atoms with Crippen LogP contribution in [0.15, 0.2) is 103 Å². The Balaban J connectivity index is 1.39. The topological polar surface area (TPSA) is 91.9 Å². The fraction of sp³-hybridized carbons (Fsp3) is 0.161. The fourth-order valence-corrected chi connectivity index (χ4v) is 3.85. The van der Waals surface area contributed by atoms with E-state index in [9.17, 15) is 9.59 Å². The first-order valence-corrected chi connectivity index (χ1v) is 12.7. The van der Waals surface area contributed by atoms with Gasteiger partial charge in [-0.25, -0.2) is 9.59 Å². The van der Waals surface area contributed by atoms with Crippen molar-refractivity contribution >= 4 is 29.1 Å². The maximum atomic E-state index is 13.3. The van der Waals surface area contributed by atoms with Gasteiger partial charge in [0, 0.05) is 24.5 Å². The highest BCUT2D eigenvalue weighted by molar-refractivity contribution is 6.01. The highest BCUT2D eigenvalue weighted by Gasteiger charge is 2.16. The monoisotopic (exact) mass is 524 g/mol. The summed E-state index contributed by atoms with van der Waals surface area (Å²) in [6, 6.07) is 31.0. The largest absolute Gasteiger partial charge is 0.495 e. The summed E-state index contributed by atoms with van der Waals surface area (Å²) in [4.78, 5) is 27.3. The van der Waals surface area contributed by atoms with Crippen LogP contribution in [0.1, 0.15) is 12.0 Å². The van der Waals surface area contributed by atoms with Gasteiger partial charge in [-0.05, 0) is 74.0 Å². The summed E-state index contributed by atoms with van der Waals surface area (Å²) in [5.74, 6) is 1.97. The molecule has 0 aromatic heterocycles. The maximum Gasteiger partial charge on any atom is 0.326 e. The molecule has 0 heterocycles. The third kappa shape index (κ3) is 8.00. The van der Waals surface area contributed by atoms with Crippen molar-refractivity contribution in [2.75, 3.05) is 35.7 Å². The molecule has 4 aromatic rings. The molecule has 0 aliphatic heterocycles. The first-order valence-electron chi connectivity index (χ1n) is 12.7. The number of nitrogens with one attached hydrogen (secondary N) is 3. The van der Waals surface area contributed by atoms with Gasteiger partial charge < -0.3 is 25.4 Å². The van der Waals surface area contributed by atoms with Crippen molar-refractivity contribution < 1.29 is 19.1 Å². The van der Waals surface area contributed by atoms with E-state index in [4.69, 9.17) is 9.47 Å². The molecule has 0 spiro atoms. The summed E-state index contributed by atoms with van der Waals surface area (Å²) in [6.45, 7) is 2.74. The van der Waals surface area contributed by atoms with E-state index in [1.54, 1.807) is 24.1 Å². The summed E-state index contributed by atoms with van der Waals surface area (Å²) in [5, 5.41) is 8.58. The van der Waals surface area contributed by atoms with Crippen molar-refractivity contribution in [2.45, 2.75) is 13.3 Å². The van der Waals surface area contributed by atoms with Crippen LogP contribution in [0.3, 0.4) is 0 Å². The molecule has 39 heavy (non-hydrogen) atoms. The van der Waals surface area contributed by atoms with E-state index in [1.165, 1.54) is 0 Å². The van der Waals surface area contributed by atoms with E-state index < -0.39 is 0 Å². The number of anilines is 3. The van der Waals surface area contributed by atoms with Gasteiger partial charge >= 0.3 is 12.1 Å². The Morgan fingerprint density at radius 1 is 0.769 bits per heavy atom. The van der Waals surface area contributed by atoms with Crippen LogP contribution in [-0.2, 0) is 0 Å². The van der Waals surface area contributed by atoms with Crippen LogP contribution in [0, 0.1) is 6.92 Å². The van der Waals surface area contributed by atoms with Crippen LogP contribution in [0.25, 0.3) is 0 Å². The predicted molar refractivity (Wildman–Crippen MR) is 155 cm³/mol. The summed E-state index contributed by atoms with van der Waals surface area (Å²) >= 11 is 0. The molecule has 0 bridgehead atoms. The minimum absolute atomic E-state index is 0.269. The third-order valence-electron chi connectivity index (χ3n) is 5.87. The van der Waals surface area contributed by atoms with E-state index in [-0.39, 0.29) is 12.1 Å². The number of urea groups is 2. The molecule has 8 nitrogen and oxygen atoms in total. The second-order valence-corrected chi connectivity index (χ2v) is 8.79. The van der Waals surface area contributed by atoms with Gasteiger partial charge in [0.2, 0.25) is 0 Å². The molecule has 0 saturated heterocycles. The standard InChI is InChI=1S/C31H32N4O4/c1-23-13-15-24(16-14-23)33-31(37)35(25-17-19-27(20-18-25)39-26-9-4-3-5-10-26)22-8-21-32-30(36)34-28-11-6-7-12-29(28)38-2/h3-7,9-20H,8,21-22H2,1-2H3,(H,33,37)(H2,32,34,36). The molecule has 4 amide bonds. The summed E-state index contributed by atoms with van der Waals surface area (Å²) in [7, 11) is 1.55. The van der Waals surface area contributed by atoms with Crippen LogP contribution in [0.2, 0.25) is 0 Å². The second kappa shape index (κ2) is 13.5. The normalized spacial score (nSPS) is 10.3. The number of hydrogen-bond acceptors (Lipinski definition) is 4. The Hall–Kier alpha value is -4.98. The number of para-hydroxylation sites is 3. The summed E-state index contributed by atoms with van der Waals surface area (Å²) in [5.41, 5.74) is 3.10. The van der Waals surface area contributed by atoms with Gasteiger partial charge in [0.15, 0.2) is 0 Å². The maximum absolute atomic E-state index is 13.3. The SMILES string of the molecule is COc1ccccc1NC(=O)NCCCN(C(=O)Nc1ccc(C)cc1)c1ccc(Oc2ccccc2)cc1. The molecule has 3 N–H and O–H groups in total. The van der Waals surface area contributed by atoms with Crippen molar-refractivity contribution in [3.05, 3.63) is 109 Å². The predicted octanol–water partition coefficient (Wildman–Crippen LogP) is 7.05. The number of amides is 4. The highest BCUT2D eigenvalue weighted by atomic mass is 16.5. The van der Waals surface area contributed by atoms with E-state index in [1.807, 2.05) is 97.9 Å². The summed E-state index contributed by atoms with van der Waals surface area (Å²) in [6.07, 6.45) is 0.531. The van der Waals surface area contributed by atoms with Gasteiger partial charge in [0.1, 0.15) is 17.2 Å². The van der Waals surface area contributed by atoms with Crippen LogP contribution in [-0.4, -0.2) is 32.3 Å². The van der Waals surface area contributed by atoms with Crippen molar-refractivity contribution in [1.29, 1.82) is 0 Å². The lowest BCUT2D eigenvalue weighted by molar-refractivity contribution is 0.252. The van der Waals surface area contributed by atoms with Gasteiger partial charge in [-0.15, -0.1) is 0 Å². The smallest absolute Gasteiger partial charge is 0.326 e. The number of methoxy groups -OCH3 is 1. The molecule has 0 fully saturated rings. The van der Waals surface area contributed by atoms with Gasteiger partial charge in [-0.3, -0.25) is 4.90 Å². The Kier molecular flexibility index (Phi) is 9.39. The number of nitrogens with zero attached hydrogens (tertiary/aromatic N) is 1. The Morgan fingerprint density at radius 3 is 2.15 bits per heavy atom. The molecule has 8 heteroatoms. The summed E-state index contributed by atoms with van der Waals surface area (Å²) < 4.78 is 11.2. The molecule has 0 aliphatic carbocycles. The van der Waals surface area contributed by atoms with Crippen LogP contribution in [0.5, 0.6) is 17.2 Å². The Morgan fingerprint density at radius 2 is 1.44 bits per heavy atom. The molecule has 4 rings (SSSR count). The zero-order chi connectivity index (χ0) is 27.5. The number of carbonyl (C=O) groups excluding carboxylic acids is 2. The number of aryl methyl sites for hydroxylation is 1. The van der Waals surface area contributed by atoms with Crippen LogP contribution < -0.4 is 30.3 Å². The van der Waals surface area contributed by atoms with Gasteiger partial charge in [-0.2, -0.15) is 0 Å². The minimum Gasteiger partial charge on any atom is -0.495 e. The Bertz CT molecular complexity index is 1360. The van der Waals surface area contributed by atoms with Crippen molar-refractivity contribution in [1.82, 2.24) is 5.32 Å². The lowest BCUT2D eigenvalue weighted by atomic mass is 10.2. The first-order chi connectivity index (χ1) is 19.0. The van der Waals surface area contributed by atoms with Gasteiger partial charge in [0.25, 0.3) is 0 Å². The highest BCUT2D eigenvalue weighted by Crippen LogP contribution is 2.25. The lowest BCUT2D eigenvalue weighted by Gasteiger charge is -2.24. The molecule has 0 aliphatic rings. The second-order valence-electron chi connectivity index (χ2n) is 8.79. The molecule has 0 radical (unpaired) electrons. The van der Waals surface area contributed by atoms with E-state index >= 15 is 0 Å². The quantitative estimate of drug-likeness (QED) is 0.194. The Labute approximate surface area is 228 Å². The average molecular weight is 525 g/mol. The number of ether oxygens (including phenoxy) is 2. The van der Waals surface area contributed by atoms with E-state index in [0.717, 1.165) is 11.3 Å². The van der Waals surface area contributed by atoms with Crippen molar-refractivity contribution in [3.8, 4) is 17.2 Å². The number of hydrogen-bond donors (Lipinski definition) is 3. The number of benzene rings is 4. The van der Waals surface area contributed by atoms with Crippen LogP contribution >= 0.6 is 0 Å². The van der Waals surface area contributed by atoms with E-state index in [2.05, 4.69) is 16.0 Å². The number of carbonyl (C=O) groups is 2. The van der Waals surface area contributed by atoms with Gasteiger partial charge in [-0.1, -0.05) is 48.0 Å². The molecular weight excluding hydrogens is 492 g/mol. The van der Waals surface area contributed by atoms with Crippen LogP contribution in [0.4, 0.5) is 26.7 Å². The first kappa shape index (κ1) is 27.1. The fourth-order valence-electron chi connectivity index (χ4n) is 3.85. The number of rotatable bonds is 10. The minimum atomic E-state index is -0.349. The van der Waals surface area contributed by atoms with Crippen molar-refractivity contribution in [3.63, 3.8) is 0 Å². The van der Waals surface area contributed by atoms with Gasteiger partial charge in [0.05, 0.1) is 12.8 Å². The average Bonchev–Trinajstić information content (AvgIpc) is 2.95. The molecule has 200 valence electrons. The molecule has 4 aromatic carbocycles. The third-order valence-corrected chi connectivity index (χ3v) is 5.87. The molecule has 0 atom stereocenters.